The first-order valence-corrected chi connectivity index (χ1v) is 9.07. The average Bonchev–Trinajstić information content (AvgIpc) is 2.63. The Bertz CT molecular complexity index is 485. The van der Waals surface area contributed by atoms with Gasteiger partial charge in [0, 0.05) is 6.42 Å². The Morgan fingerprint density at radius 1 is 1.00 bits per heavy atom. The maximum absolute atomic E-state index is 12.2. The lowest BCUT2D eigenvalue weighted by Gasteiger charge is -2.20. The Labute approximate surface area is 157 Å². The van der Waals surface area contributed by atoms with Crippen LogP contribution < -0.4 is 16.4 Å². The fraction of sp³-hybridized carbons (Fsp3) is 0.692. The largest absolute Gasteiger partial charge is 0.539 e. The zero-order valence-corrected chi connectivity index (χ0v) is 17.0. The molecule has 0 aliphatic rings. The Kier molecular flexibility index (Phi) is 13.9. The second-order valence-electron chi connectivity index (χ2n) is 5.22. The maximum Gasteiger partial charge on any atom is 0.340 e. The van der Waals surface area contributed by atoms with Crippen molar-refractivity contribution in [2.24, 2.45) is 5.73 Å². The van der Waals surface area contributed by atoms with Crippen LogP contribution in [-0.4, -0.2) is 50.0 Å². The number of unbranched alkanes of at least 4 members (excludes halogenated alkanes) is 1. The molecular weight excluding hydrogens is 383 g/mol. The van der Waals surface area contributed by atoms with E-state index in [4.69, 9.17) is 10.4 Å². The van der Waals surface area contributed by atoms with E-state index in [9.17, 15) is 19.2 Å². The number of hydrogen-bond donors (Lipinski definition) is 3. The first-order valence-electron chi connectivity index (χ1n) is 8.13. The first kappa shape index (κ1) is 24.6. The van der Waals surface area contributed by atoms with Crippen LogP contribution >= 0.6 is 18.9 Å². The lowest BCUT2D eigenvalue weighted by Crippen LogP contribution is -2.51. The number of nitrogens with one attached hydrogen (secondary N) is 2. The number of nitrogens with two attached hydrogens (primary N) is 1. The number of carbonyl (C=O) groups is 4. The predicted octanol–water partition coefficient (Wildman–Crippen LogP) is -0.459. The minimum atomic E-state index is -1.06. The SMILES string of the molecule is CBOC(=O)C(CCC(=O)OP)NC(=O)NC(CCCCN)C(=O)OP. The summed E-state index contributed by atoms with van der Waals surface area (Å²) in [5.74, 6) is -1.88. The van der Waals surface area contributed by atoms with Crippen LogP contribution in [0, 0.1) is 0 Å². The van der Waals surface area contributed by atoms with E-state index in [0.717, 1.165) is 0 Å². The molecule has 0 saturated carbocycles. The van der Waals surface area contributed by atoms with Crippen LogP contribution in [0.5, 0.6) is 0 Å². The van der Waals surface area contributed by atoms with Gasteiger partial charge in [0.1, 0.15) is 12.1 Å². The molecule has 0 aliphatic heterocycles. The van der Waals surface area contributed by atoms with Crippen molar-refractivity contribution < 1.29 is 32.9 Å². The lowest BCUT2D eigenvalue weighted by molar-refractivity contribution is -0.137. The van der Waals surface area contributed by atoms with Crippen LogP contribution in [0.1, 0.15) is 32.1 Å². The third-order valence-electron chi connectivity index (χ3n) is 3.30. The molecule has 10 nitrogen and oxygen atoms in total. The van der Waals surface area contributed by atoms with Crippen LogP contribution in [0.15, 0.2) is 0 Å². The van der Waals surface area contributed by atoms with Gasteiger partial charge in [-0.3, -0.25) is 9.59 Å². The fourth-order valence-corrected chi connectivity index (χ4v) is 2.28. The summed E-state index contributed by atoms with van der Waals surface area (Å²) in [6.07, 6.45) is 1.53. The van der Waals surface area contributed by atoms with Crippen LogP contribution in [0.4, 0.5) is 4.79 Å². The second kappa shape index (κ2) is 14.7. The summed E-state index contributed by atoms with van der Waals surface area (Å²) in [7, 11) is 3.75. The highest BCUT2D eigenvalue weighted by Crippen LogP contribution is 2.06. The number of carbonyl (C=O) groups excluding carboxylic acids is 4. The zero-order valence-electron chi connectivity index (χ0n) is 14.7. The number of amides is 2. The van der Waals surface area contributed by atoms with Crippen LogP contribution in [0.25, 0.3) is 0 Å². The van der Waals surface area contributed by atoms with Gasteiger partial charge < -0.3 is 30.1 Å². The first-order chi connectivity index (χ1) is 12.4. The van der Waals surface area contributed by atoms with Crippen LogP contribution in [0.2, 0.25) is 6.82 Å². The van der Waals surface area contributed by atoms with E-state index < -0.39 is 36.0 Å². The molecule has 0 saturated heterocycles. The Hall–Kier alpha value is -1.44. The summed E-state index contributed by atoms with van der Waals surface area (Å²) in [6, 6.07) is -2.70. The molecule has 4 atom stereocenters. The summed E-state index contributed by atoms with van der Waals surface area (Å²) < 4.78 is 13.9. The predicted molar refractivity (Wildman–Crippen MR) is 102 cm³/mol. The van der Waals surface area contributed by atoms with Gasteiger partial charge in [-0.05, 0) is 32.2 Å². The van der Waals surface area contributed by atoms with Crippen molar-refractivity contribution in [1.82, 2.24) is 10.6 Å². The molecule has 0 fully saturated rings. The van der Waals surface area contributed by atoms with E-state index in [-0.39, 0.29) is 20.3 Å². The zero-order chi connectivity index (χ0) is 19.9. The highest BCUT2D eigenvalue weighted by molar-refractivity contribution is 7.11. The molecular formula is C13H26BN3O7P2. The number of urea groups is 1. The van der Waals surface area contributed by atoms with Gasteiger partial charge in [-0.1, -0.05) is 6.82 Å². The molecule has 0 aliphatic carbocycles. The summed E-state index contributed by atoms with van der Waals surface area (Å²) in [5, 5.41) is 4.85. The van der Waals surface area contributed by atoms with Gasteiger partial charge in [0.05, 0.1) is 18.9 Å². The smallest absolute Gasteiger partial charge is 0.340 e. The highest BCUT2D eigenvalue weighted by atomic mass is 31.0. The van der Waals surface area contributed by atoms with E-state index in [1.54, 1.807) is 6.82 Å². The normalized spacial score (nSPS) is 12.3. The van der Waals surface area contributed by atoms with Crippen molar-refractivity contribution in [1.29, 1.82) is 0 Å². The van der Waals surface area contributed by atoms with Crippen molar-refractivity contribution in [3.8, 4) is 0 Å². The van der Waals surface area contributed by atoms with Gasteiger partial charge in [0.15, 0.2) is 0 Å². The average molecular weight is 409 g/mol. The van der Waals surface area contributed by atoms with Gasteiger partial charge in [0.25, 0.3) is 0 Å². The van der Waals surface area contributed by atoms with E-state index in [1.165, 1.54) is 0 Å². The third kappa shape index (κ3) is 10.5. The van der Waals surface area contributed by atoms with Gasteiger partial charge in [-0.25, -0.2) is 9.59 Å². The summed E-state index contributed by atoms with van der Waals surface area (Å²) in [4.78, 5) is 47.1. The van der Waals surface area contributed by atoms with E-state index >= 15 is 0 Å². The van der Waals surface area contributed by atoms with Crippen molar-refractivity contribution in [2.75, 3.05) is 6.54 Å². The Morgan fingerprint density at radius 2 is 1.62 bits per heavy atom. The molecule has 0 aromatic carbocycles. The molecule has 0 spiro atoms. The summed E-state index contributed by atoms with van der Waals surface area (Å²) in [5.41, 5.74) is 5.41. The number of hydrogen-bond acceptors (Lipinski definition) is 8. The molecule has 4 unspecified atom stereocenters. The molecule has 148 valence electrons. The van der Waals surface area contributed by atoms with Gasteiger partial charge in [-0.15, -0.1) is 0 Å². The third-order valence-corrected chi connectivity index (χ3v) is 3.79. The van der Waals surface area contributed by atoms with E-state index in [2.05, 4.69) is 19.7 Å². The van der Waals surface area contributed by atoms with Crippen molar-refractivity contribution in [2.45, 2.75) is 51.0 Å². The summed E-state index contributed by atoms with van der Waals surface area (Å²) in [6.45, 7) is 2.08. The fourth-order valence-electron chi connectivity index (χ4n) is 1.99. The van der Waals surface area contributed by atoms with Gasteiger partial charge in [-0.2, -0.15) is 0 Å². The van der Waals surface area contributed by atoms with Crippen LogP contribution in [-0.2, 0) is 28.1 Å². The van der Waals surface area contributed by atoms with Crippen molar-refractivity contribution in [3.63, 3.8) is 0 Å². The van der Waals surface area contributed by atoms with E-state index in [1.807, 2.05) is 18.9 Å². The number of rotatable bonds is 12. The molecule has 0 aromatic rings. The monoisotopic (exact) mass is 409 g/mol. The van der Waals surface area contributed by atoms with Crippen LogP contribution in [0.3, 0.4) is 0 Å². The second-order valence-corrected chi connectivity index (χ2v) is 5.70. The Morgan fingerprint density at radius 3 is 2.12 bits per heavy atom. The molecule has 0 heterocycles. The quantitative estimate of drug-likeness (QED) is 0.223. The molecule has 0 rings (SSSR count). The summed E-state index contributed by atoms with van der Waals surface area (Å²) >= 11 is 0. The topological polar surface area (TPSA) is 146 Å². The molecule has 13 heteroatoms. The maximum atomic E-state index is 12.2. The molecule has 26 heavy (non-hydrogen) atoms. The lowest BCUT2D eigenvalue weighted by atomic mass is 10.1. The molecule has 4 N–H and O–H groups in total. The molecule has 0 aromatic heterocycles. The van der Waals surface area contributed by atoms with Crippen molar-refractivity contribution >= 4 is 50.4 Å². The van der Waals surface area contributed by atoms with Gasteiger partial charge >= 0.3 is 31.4 Å². The minimum absolute atomic E-state index is 0.00853. The highest BCUT2D eigenvalue weighted by Gasteiger charge is 2.26. The standard InChI is InChI=1S/C13H26BN3O7P2/c1-14-22-11(19)9(5-6-10(18)23-25)17-13(21)16-8(12(20)24-26)4-2-3-7-15/h8-9,14H,2-7,15,25-26H2,1H3,(H2,16,17,21). The Balaban J connectivity index is 4.82. The molecule has 2 amide bonds. The minimum Gasteiger partial charge on any atom is -0.539 e. The van der Waals surface area contributed by atoms with Gasteiger partial charge in [0.2, 0.25) is 0 Å². The molecule has 0 radical (unpaired) electrons. The van der Waals surface area contributed by atoms with E-state index in [0.29, 0.717) is 25.8 Å². The van der Waals surface area contributed by atoms with Crippen molar-refractivity contribution in [3.05, 3.63) is 0 Å². The molecule has 0 bridgehead atoms.